The van der Waals surface area contributed by atoms with Gasteiger partial charge in [0, 0.05) is 24.2 Å². The van der Waals surface area contributed by atoms with Gasteiger partial charge < -0.3 is 5.32 Å². The number of benzene rings is 2. The molecule has 1 aliphatic heterocycles. The molecule has 0 radical (unpaired) electrons. The standard InChI is InChI=1S/C23H21N3O3S3/c27-21(16-8-10-17(11-9-16)32(28,29)26-13-4-1-5-14-26)25-22-18(12-15-30-22)23-24-19-6-2-3-7-20(19)31-23/h2-3,6-12,15H,1,4-5,13-14H2,(H,25,27). The molecule has 1 N–H and O–H groups in total. The fourth-order valence-electron chi connectivity index (χ4n) is 3.77. The number of fused-ring (bicyclic) bond motifs is 1. The van der Waals surface area contributed by atoms with Crippen LogP contribution in [0.1, 0.15) is 29.6 Å². The lowest BCUT2D eigenvalue weighted by atomic mass is 10.2. The summed E-state index contributed by atoms with van der Waals surface area (Å²) in [5, 5.41) is 6.45. The summed E-state index contributed by atoms with van der Waals surface area (Å²) in [5.74, 6) is -0.281. The maximum absolute atomic E-state index is 12.8. The summed E-state index contributed by atoms with van der Waals surface area (Å²) in [6.07, 6.45) is 2.84. The Bertz CT molecular complexity index is 1340. The minimum Gasteiger partial charge on any atom is -0.313 e. The predicted octanol–water partition coefficient (Wildman–Crippen LogP) is 5.45. The van der Waals surface area contributed by atoms with E-state index in [1.165, 1.54) is 27.8 Å². The predicted molar refractivity (Wildman–Crippen MR) is 130 cm³/mol. The van der Waals surface area contributed by atoms with Crippen LogP contribution in [0.3, 0.4) is 0 Å². The highest BCUT2D eigenvalue weighted by Gasteiger charge is 2.26. The molecule has 0 atom stereocenters. The van der Waals surface area contributed by atoms with E-state index in [1.54, 1.807) is 23.5 Å². The molecule has 0 bridgehead atoms. The molecule has 0 unspecified atom stereocenters. The number of sulfonamides is 1. The Hall–Kier alpha value is -2.59. The Balaban J connectivity index is 1.34. The van der Waals surface area contributed by atoms with Crippen LogP contribution >= 0.6 is 22.7 Å². The molecule has 164 valence electrons. The fourth-order valence-corrected chi connectivity index (χ4v) is 7.13. The quantitative estimate of drug-likeness (QED) is 0.409. The molecule has 2 aromatic carbocycles. The van der Waals surface area contributed by atoms with E-state index in [-0.39, 0.29) is 10.8 Å². The van der Waals surface area contributed by atoms with Crippen molar-refractivity contribution in [3.63, 3.8) is 0 Å². The van der Waals surface area contributed by atoms with Gasteiger partial charge in [0.15, 0.2) is 0 Å². The Morgan fingerprint density at radius 1 is 0.969 bits per heavy atom. The minimum absolute atomic E-state index is 0.224. The fraction of sp³-hybridized carbons (Fsp3) is 0.217. The molecular weight excluding hydrogens is 462 g/mol. The number of nitrogens with zero attached hydrogens (tertiary/aromatic N) is 2. The van der Waals surface area contributed by atoms with E-state index in [1.807, 2.05) is 35.7 Å². The van der Waals surface area contributed by atoms with Gasteiger partial charge in [-0.25, -0.2) is 13.4 Å². The van der Waals surface area contributed by atoms with Gasteiger partial charge in [-0.3, -0.25) is 4.79 Å². The van der Waals surface area contributed by atoms with Gasteiger partial charge in [-0.05, 0) is 60.7 Å². The first-order chi connectivity index (χ1) is 15.5. The maximum atomic E-state index is 12.8. The number of aromatic nitrogens is 1. The van der Waals surface area contributed by atoms with E-state index in [4.69, 9.17) is 0 Å². The number of carbonyl (C=O) groups excluding carboxylic acids is 1. The van der Waals surface area contributed by atoms with Crippen LogP contribution in [-0.4, -0.2) is 36.7 Å². The zero-order valence-corrected chi connectivity index (χ0v) is 19.6. The summed E-state index contributed by atoms with van der Waals surface area (Å²) in [6, 6.07) is 16.1. The molecule has 0 spiro atoms. The molecule has 32 heavy (non-hydrogen) atoms. The number of para-hydroxylation sites is 1. The molecule has 1 fully saturated rings. The molecule has 9 heteroatoms. The molecule has 0 saturated carbocycles. The molecule has 5 rings (SSSR count). The van der Waals surface area contributed by atoms with Gasteiger partial charge in [-0.15, -0.1) is 22.7 Å². The van der Waals surface area contributed by atoms with E-state index in [0.29, 0.717) is 18.7 Å². The first-order valence-electron chi connectivity index (χ1n) is 10.4. The summed E-state index contributed by atoms with van der Waals surface area (Å²) in [5.41, 5.74) is 2.22. The van der Waals surface area contributed by atoms with Crippen molar-refractivity contribution < 1.29 is 13.2 Å². The number of thiazole rings is 1. The summed E-state index contributed by atoms with van der Waals surface area (Å²) < 4.78 is 28.3. The summed E-state index contributed by atoms with van der Waals surface area (Å²) in [7, 11) is -3.51. The zero-order chi connectivity index (χ0) is 22.1. The van der Waals surface area contributed by atoms with E-state index in [9.17, 15) is 13.2 Å². The van der Waals surface area contributed by atoms with Crippen molar-refractivity contribution in [3.8, 4) is 10.6 Å². The van der Waals surface area contributed by atoms with Crippen LogP contribution in [0.2, 0.25) is 0 Å². The van der Waals surface area contributed by atoms with Gasteiger partial charge in [-0.1, -0.05) is 18.6 Å². The molecule has 1 saturated heterocycles. The van der Waals surface area contributed by atoms with Crippen LogP contribution in [0.4, 0.5) is 5.00 Å². The van der Waals surface area contributed by atoms with Crippen LogP contribution in [0, 0.1) is 0 Å². The topological polar surface area (TPSA) is 79.4 Å². The number of thiophene rings is 1. The van der Waals surface area contributed by atoms with E-state index in [2.05, 4.69) is 10.3 Å². The number of anilines is 1. The van der Waals surface area contributed by atoms with Crippen molar-refractivity contribution in [2.75, 3.05) is 18.4 Å². The number of piperidine rings is 1. The highest BCUT2D eigenvalue weighted by atomic mass is 32.2. The Morgan fingerprint density at radius 2 is 1.72 bits per heavy atom. The van der Waals surface area contributed by atoms with Crippen LogP contribution in [0.25, 0.3) is 20.8 Å². The number of amides is 1. The third kappa shape index (κ3) is 4.09. The van der Waals surface area contributed by atoms with Gasteiger partial charge in [-0.2, -0.15) is 4.31 Å². The van der Waals surface area contributed by atoms with Crippen molar-refractivity contribution >= 4 is 53.8 Å². The lowest BCUT2D eigenvalue weighted by Crippen LogP contribution is -2.35. The monoisotopic (exact) mass is 483 g/mol. The van der Waals surface area contributed by atoms with Crippen LogP contribution < -0.4 is 5.32 Å². The molecule has 0 aliphatic carbocycles. The molecule has 1 aliphatic rings. The van der Waals surface area contributed by atoms with Crippen molar-refractivity contribution in [3.05, 3.63) is 65.5 Å². The van der Waals surface area contributed by atoms with Gasteiger partial charge in [0.25, 0.3) is 5.91 Å². The van der Waals surface area contributed by atoms with Gasteiger partial charge in [0.2, 0.25) is 10.0 Å². The number of hydrogen-bond donors (Lipinski definition) is 1. The van der Waals surface area contributed by atoms with Gasteiger partial charge >= 0.3 is 0 Å². The van der Waals surface area contributed by atoms with Crippen LogP contribution in [-0.2, 0) is 10.0 Å². The molecule has 2 aromatic heterocycles. The second-order valence-electron chi connectivity index (χ2n) is 7.59. The average molecular weight is 484 g/mol. The van der Waals surface area contributed by atoms with Crippen molar-refractivity contribution in [2.24, 2.45) is 0 Å². The van der Waals surface area contributed by atoms with Crippen LogP contribution in [0.5, 0.6) is 0 Å². The van der Waals surface area contributed by atoms with Gasteiger partial charge in [0.1, 0.15) is 10.0 Å². The largest absolute Gasteiger partial charge is 0.313 e. The molecule has 6 nitrogen and oxygen atoms in total. The molecular formula is C23H21N3O3S3. The number of carbonyl (C=O) groups is 1. The highest BCUT2D eigenvalue weighted by Crippen LogP contribution is 2.38. The van der Waals surface area contributed by atoms with Crippen molar-refractivity contribution in [1.82, 2.24) is 9.29 Å². The van der Waals surface area contributed by atoms with E-state index in [0.717, 1.165) is 45.1 Å². The lowest BCUT2D eigenvalue weighted by Gasteiger charge is -2.25. The van der Waals surface area contributed by atoms with Crippen molar-refractivity contribution in [1.29, 1.82) is 0 Å². The first kappa shape index (κ1) is 21.3. The first-order valence-corrected chi connectivity index (χ1v) is 13.5. The van der Waals surface area contributed by atoms with Crippen molar-refractivity contribution in [2.45, 2.75) is 24.2 Å². The maximum Gasteiger partial charge on any atom is 0.256 e. The third-order valence-electron chi connectivity index (χ3n) is 5.49. The summed E-state index contributed by atoms with van der Waals surface area (Å²) in [4.78, 5) is 17.8. The average Bonchev–Trinajstić information content (AvgIpc) is 3.46. The second-order valence-corrected chi connectivity index (χ2v) is 11.5. The summed E-state index contributed by atoms with van der Waals surface area (Å²) in [6.45, 7) is 1.11. The third-order valence-corrected chi connectivity index (χ3v) is 9.30. The Labute approximate surface area is 194 Å². The Morgan fingerprint density at radius 3 is 2.47 bits per heavy atom. The molecule has 3 heterocycles. The number of hydrogen-bond acceptors (Lipinski definition) is 6. The number of rotatable bonds is 5. The molecule has 4 aromatic rings. The normalized spacial score (nSPS) is 15.1. The smallest absolute Gasteiger partial charge is 0.256 e. The SMILES string of the molecule is O=C(Nc1sccc1-c1nc2ccccc2s1)c1ccc(S(=O)(=O)N2CCCCC2)cc1. The van der Waals surface area contributed by atoms with Gasteiger partial charge in [0.05, 0.1) is 15.1 Å². The van der Waals surface area contributed by atoms with Crippen LogP contribution in [0.15, 0.2) is 64.9 Å². The second kappa shape index (κ2) is 8.74. The minimum atomic E-state index is -3.51. The van der Waals surface area contributed by atoms with E-state index >= 15 is 0 Å². The van der Waals surface area contributed by atoms with E-state index < -0.39 is 10.0 Å². The number of nitrogens with one attached hydrogen (secondary N) is 1. The highest BCUT2D eigenvalue weighted by molar-refractivity contribution is 7.89. The Kier molecular flexibility index (Phi) is 5.81. The zero-order valence-electron chi connectivity index (χ0n) is 17.2. The lowest BCUT2D eigenvalue weighted by molar-refractivity contribution is 0.102. The summed E-state index contributed by atoms with van der Waals surface area (Å²) >= 11 is 3.02. The molecule has 1 amide bonds.